The highest BCUT2D eigenvalue weighted by atomic mass is 35.5. The summed E-state index contributed by atoms with van der Waals surface area (Å²) in [5.41, 5.74) is 5.26. The second-order valence-electron chi connectivity index (χ2n) is 9.52. The van der Waals surface area contributed by atoms with Crippen molar-refractivity contribution >= 4 is 28.5 Å². The third kappa shape index (κ3) is 7.36. The van der Waals surface area contributed by atoms with Crippen LogP contribution in [0, 0.1) is 13.8 Å². The Bertz CT molecular complexity index is 1290. The summed E-state index contributed by atoms with van der Waals surface area (Å²) in [5.74, 6) is 2.10. The third-order valence-corrected chi connectivity index (χ3v) is 6.89. The topological polar surface area (TPSA) is 56.1 Å². The Kier molecular flexibility index (Phi) is 9.61. The van der Waals surface area contributed by atoms with Gasteiger partial charge in [-0.05, 0) is 87.1 Å². The first-order chi connectivity index (χ1) is 18.0. The molecule has 0 aliphatic rings. The molecule has 0 aliphatic heterocycles. The van der Waals surface area contributed by atoms with Crippen LogP contribution in [-0.2, 0) is 13.0 Å². The molecule has 0 aliphatic carbocycles. The number of amides is 1. The molecule has 0 unspecified atom stereocenters. The van der Waals surface area contributed by atoms with E-state index in [4.69, 9.17) is 21.3 Å². The highest BCUT2D eigenvalue weighted by Gasteiger charge is 2.11. The average Bonchev–Trinajstić information content (AvgIpc) is 3.25. The minimum absolute atomic E-state index is 0.0555. The van der Waals surface area contributed by atoms with Crippen LogP contribution in [0.25, 0.3) is 11.0 Å². The minimum Gasteiger partial charge on any atom is -0.493 e. The monoisotopic (exact) mass is 517 g/mol. The minimum atomic E-state index is -0.0555. The Morgan fingerprint density at radius 2 is 1.65 bits per heavy atom. The molecule has 0 atom stereocenters. The number of benzene rings is 3. The van der Waals surface area contributed by atoms with Gasteiger partial charge in [-0.1, -0.05) is 48.4 Å². The summed E-state index contributed by atoms with van der Waals surface area (Å²) in [6.07, 6.45) is 5.97. The first kappa shape index (κ1) is 26.7. The van der Waals surface area contributed by atoms with Gasteiger partial charge in [0.05, 0.1) is 17.6 Å². The molecule has 4 aromatic rings. The van der Waals surface area contributed by atoms with Gasteiger partial charge in [-0.2, -0.15) is 0 Å². The number of hydrogen-bond acceptors (Lipinski definition) is 3. The Hall–Kier alpha value is -3.31. The lowest BCUT2D eigenvalue weighted by Gasteiger charge is -2.13. The van der Waals surface area contributed by atoms with Gasteiger partial charge in [0.25, 0.3) is 5.91 Å². The second kappa shape index (κ2) is 13.3. The van der Waals surface area contributed by atoms with Gasteiger partial charge in [-0.3, -0.25) is 4.79 Å². The van der Waals surface area contributed by atoms with Crippen LogP contribution < -0.4 is 10.1 Å². The Balaban J connectivity index is 1.23. The zero-order valence-corrected chi connectivity index (χ0v) is 22.6. The van der Waals surface area contributed by atoms with Crippen LogP contribution in [0.4, 0.5) is 0 Å². The van der Waals surface area contributed by atoms with Crippen molar-refractivity contribution in [2.45, 2.75) is 58.9 Å². The van der Waals surface area contributed by atoms with Crippen molar-refractivity contribution in [1.29, 1.82) is 0 Å². The normalized spacial score (nSPS) is 11.1. The van der Waals surface area contributed by atoms with Crippen LogP contribution >= 0.6 is 11.6 Å². The summed E-state index contributed by atoms with van der Waals surface area (Å²) in [5, 5.41) is 3.63. The number of ether oxygens (including phenoxy) is 1. The quantitative estimate of drug-likeness (QED) is 0.189. The second-order valence-corrected chi connectivity index (χ2v) is 9.95. The van der Waals surface area contributed by atoms with Crippen molar-refractivity contribution in [2.75, 3.05) is 13.2 Å². The molecule has 1 amide bonds. The number of fused-ring (bicyclic) bond motifs is 1. The van der Waals surface area contributed by atoms with E-state index in [9.17, 15) is 4.79 Å². The van der Waals surface area contributed by atoms with Gasteiger partial charge >= 0.3 is 0 Å². The van der Waals surface area contributed by atoms with Crippen LogP contribution in [0.5, 0.6) is 5.75 Å². The number of carbonyl (C=O) groups is 1. The van der Waals surface area contributed by atoms with E-state index in [2.05, 4.69) is 60.1 Å². The highest BCUT2D eigenvalue weighted by Crippen LogP contribution is 2.23. The molecule has 194 valence electrons. The molecular formula is C31H36ClN3O2. The van der Waals surface area contributed by atoms with E-state index in [1.54, 1.807) is 24.3 Å². The standard InChI is InChI=1S/C31H36ClN3O2/c1-23-11-10-12-24(2)30(23)37-22-9-8-21-35-28-14-6-5-13-27(28)34-29(35)15-4-3-7-20-33-31(36)25-16-18-26(32)19-17-25/h5-6,10-14,16-19H,3-4,7-9,15,20-22H2,1-2H3,(H,33,36). The van der Waals surface area contributed by atoms with Gasteiger partial charge in [-0.25, -0.2) is 4.98 Å². The van der Waals surface area contributed by atoms with Crippen molar-refractivity contribution < 1.29 is 9.53 Å². The van der Waals surface area contributed by atoms with E-state index in [0.29, 0.717) is 17.1 Å². The van der Waals surface area contributed by atoms with Crippen LogP contribution in [0.3, 0.4) is 0 Å². The number of para-hydroxylation sites is 3. The fourth-order valence-electron chi connectivity index (χ4n) is 4.63. The van der Waals surface area contributed by atoms with Crippen LogP contribution in [0.2, 0.25) is 5.02 Å². The molecule has 0 bridgehead atoms. The summed E-state index contributed by atoms with van der Waals surface area (Å²) >= 11 is 5.90. The Labute approximate surface area is 224 Å². The van der Waals surface area contributed by atoms with Crippen LogP contribution in [0.15, 0.2) is 66.7 Å². The van der Waals surface area contributed by atoms with E-state index < -0.39 is 0 Å². The van der Waals surface area contributed by atoms with E-state index in [1.165, 1.54) is 16.6 Å². The number of hydrogen-bond donors (Lipinski definition) is 1. The molecule has 5 nitrogen and oxygen atoms in total. The molecule has 0 radical (unpaired) electrons. The van der Waals surface area contributed by atoms with Gasteiger partial charge in [0.1, 0.15) is 11.6 Å². The molecule has 0 spiro atoms. The van der Waals surface area contributed by atoms with E-state index in [0.717, 1.165) is 68.8 Å². The zero-order valence-electron chi connectivity index (χ0n) is 21.8. The maximum atomic E-state index is 12.2. The molecule has 37 heavy (non-hydrogen) atoms. The van der Waals surface area contributed by atoms with Gasteiger partial charge in [0, 0.05) is 30.1 Å². The molecule has 6 heteroatoms. The summed E-state index contributed by atoms with van der Waals surface area (Å²) < 4.78 is 8.47. The third-order valence-electron chi connectivity index (χ3n) is 6.63. The molecule has 1 N–H and O–H groups in total. The number of nitrogens with one attached hydrogen (secondary N) is 1. The average molecular weight is 518 g/mol. The maximum Gasteiger partial charge on any atom is 0.251 e. The smallest absolute Gasteiger partial charge is 0.251 e. The molecule has 4 rings (SSSR count). The van der Waals surface area contributed by atoms with Crippen LogP contribution in [0.1, 0.15) is 59.4 Å². The fraction of sp³-hybridized carbons (Fsp3) is 0.355. The molecule has 0 fully saturated rings. The number of aryl methyl sites for hydroxylation is 4. The van der Waals surface area contributed by atoms with Crippen LogP contribution in [-0.4, -0.2) is 28.6 Å². The van der Waals surface area contributed by atoms with Gasteiger partial charge in [0.2, 0.25) is 0 Å². The van der Waals surface area contributed by atoms with Crippen molar-refractivity contribution in [3.63, 3.8) is 0 Å². The lowest BCUT2D eigenvalue weighted by molar-refractivity contribution is 0.0953. The molecule has 0 saturated carbocycles. The number of carbonyl (C=O) groups excluding carboxylic acids is 1. The number of nitrogens with zero attached hydrogens (tertiary/aromatic N) is 2. The summed E-state index contributed by atoms with van der Waals surface area (Å²) in [6, 6.07) is 21.6. The summed E-state index contributed by atoms with van der Waals surface area (Å²) in [4.78, 5) is 17.2. The lowest BCUT2D eigenvalue weighted by Crippen LogP contribution is -2.24. The molecular weight excluding hydrogens is 482 g/mol. The maximum absolute atomic E-state index is 12.2. The SMILES string of the molecule is Cc1cccc(C)c1OCCCCn1c(CCCCCNC(=O)c2ccc(Cl)cc2)nc2ccccc21. The first-order valence-electron chi connectivity index (χ1n) is 13.2. The fourth-order valence-corrected chi connectivity index (χ4v) is 4.75. The van der Waals surface area contributed by atoms with E-state index in [-0.39, 0.29) is 5.91 Å². The van der Waals surface area contributed by atoms with Gasteiger partial charge in [-0.15, -0.1) is 0 Å². The van der Waals surface area contributed by atoms with Gasteiger partial charge < -0.3 is 14.6 Å². The summed E-state index contributed by atoms with van der Waals surface area (Å²) in [6.45, 7) is 6.51. The van der Waals surface area contributed by atoms with Crippen molar-refractivity contribution in [2.24, 2.45) is 0 Å². The zero-order chi connectivity index (χ0) is 26.0. The van der Waals surface area contributed by atoms with Crippen molar-refractivity contribution in [1.82, 2.24) is 14.9 Å². The van der Waals surface area contributed by atoms with E-state index >= 15 is 0 Å². The lowest BCUT2D eigenvalue weighted by atomic mass is 10.1. The largest absolute Gasteiger partial charge is 0.493 e. The van der Waals surface area contributed by atoms with Gasteiger partial charge in [0.15, 0.2) is 0 Å². The Morgan fingerprint density at radius 1 is 0.892 bits per heavy atom. The van der Waals surface area contributed by atoms with E-state index in [1.807, 2.05) is 6.07 Å². The molecule has 0 saturated heterocycles. The molecule has 3 aromatic carbocycles. The number of rotatable bonds is 13. The predicted octanol–water partition coefficient (Wildman–Crippen LogP) is 7.31. The number of unbranched alkanes of at least 4 members (excludes halogenated alkanes) is 3. The highest BCUT2D eigenvalue weighted by molar-refractivity contribution is 6.30. The first-order valence-corrected chi connectivity index (χ1v) is 13.6. The number of aromatic nitrogens is 2. The number of halogens is 1. The van der Waals surface area contributed by atoms with Crippen molar-refractivity contribution in [3.8, 4) is 5.75 Å². The summed E-state index contributed by atoms with van der Waals surface area (Å²) in [7, 11) is 0. The number of imidazole rings is 1. The molecule has 1 aromatic heterocycles. The Morgan fingerprint density at radius 3 is 2.43 bits per heavy atom. The molecule has 1 heterocycles. The predicted molar refractivity (Wildman–Crippen MR) is 152 cm³/mol. The van der Waals surface area contributed by atoms with Crippen molar-refractivity contribution in [3.05, 3.63) is 94.3 Å².